The Labute approximate surface area is 74.6 Å². The Hall–Kier alpha value is -0.0800. The molecule has 0 radical (unpaired) electrons. The molecule has 0 spiro atoms. The van der Waals surface area contributed by atoms with Crippen molar-refractivity contribution >= 4 is 0 Å². The molecule has 1 aliphatic rings. The molecule has 2 heteroatoms. The summed E-state index contributed by atoms with van der Waals surface area (Å²) in [7, 11) is 0. The maximum atomic E-state index is 9.73. The van der Waals surface area contributed by atoms with Gasteiger partial charge in [-0.1, -0.05) is 20.3 Å². The van der Waals surface area contributed by atoms with Gasteiger partial charge in [-0.25, -0.2) is 0 Å². The van der Waals surface area contributed by atoms with Crippen LogP contribution in [0.1, 0.15) is 33.1 Å². The zero-order valence-electron chi connectivity index (χ0n) is 8.03. The van der Waals surface area contributed by atoms with Crippen LogP contribution in [0.15, 0.2) is 0 Å². The van der Waals surface area contributed by atoms with E-state index in [-0.39, 0.29) is 18.6 Å². The minimum absolute atomic E-state index is 0.184. The van der Waals surface area contributed by atoms with E-state index in [1.165, 1.54) is 6.42 Å². The smallest absolute Gasteiger partial charge is 0.0574 e. The van der Waals surface area contributed by atoms with Gasteiger partial charge in [0.05, 0.1) is 6.10 Å². The molecule has 0 bridgehead atoms. The highest BCUT2D eigenvalue weighted by Crippen LogP contribution is 2.33. The fourth-order valence-corrected chi connectivity index (χ4v) is 2.17. The van der Waals surface area contributed by atoms with Crippen LogP contribution in [0.5, 0.6) is 0 Å². The Kier molecular flexibility index (Phi) is 3.53. The number of aliphatic hydroxyl groups excluding tert-OH is 2. The molecule has 0 heterocycles. The molecule has 2 nitrogen and oxygen atoms in total. The molecule has 2 N–H and O–H groups in total. The van der Waals surface area contributed by atoms with Gasteiger partial charge in [0.25, 0.3) is 0 Å². The minimum Gasteiger partial charge on any atom is -0.396 e. The molecule has 0 aliphatic heterocycles. The van der Waals surface area contributed by atoms with Crippen molar-refractivity contribution in [3.63, 3.8) is 0 Å². The number of rotatable bonds is 2. The zero-order chi connectivity index (χ0) is 9.14. The largest absolute Gasteiger partial charge is 0.396 e. The molecule has 1 rings (SSSR count). The van der Waals surface area contributed by atoms with Crippen LogP contribution in [0, 0.1) is 17.8 Å². The third kappa shape index (κ3) is 2.20. The maximum Gasteiger partial charge on any atom is 0.0574 e. The molecule has 0 saturated heterocycles. The van der Waals surface area contributed by atoms with E-state index >= 15 is 0 Å². The Morgan fingerprint density at radius 1 is 1.42 bits per heavy atom. The van der Waals surface area contributed by atoms with Crippen LogP contribution in [0.25, 0.3) is 0 Å². The second-order valence-corrected chi connectivity index (χ2v) is 4.31. The second kappa shape index (κ2) is 4.24. The van der Waals surface area contributed by atoms with Crippen LogP contribution < -0.4 is 0 Å². The summed E-state index contributed by atoms with van der Waals surface area (Å²) in [5.41, 5.74) is 0. The maximum absolute atomic E-state index is 9.73. The summed E-state index contributed by atoms with van der Waals surface area (Å²) in [5, 5.41) is 18.7. The Morgan fingerprint density at radius 2 is 2.08 bits per heavy atom. The molecule has 72 valence electrons. The van der Waals surface area contributed by atoms with Gasteiger partial charge in [-0.05, 0) is 30.6 Å². The molecule has 12 heavy (non-hydrogen) atoms. The fraction of sp³-hybridized carbons (Fsp3) is 1.00. The molecule has 1 saturated carbocycles. The van der Waals surface area contributed by atoms with Crippen molar-refractivity contribution in [2.24, 2.45) is 17.8 Å². The van der Waals surface area contributed by atoms with Crippen LogP contribution in [-0.4, -0.2) is 22.9 Å². The molecule has 0 aromatic carbocycles. The molecule has 1 fully saturated rings. The van der Waals surface area contributed by atoms with Gasteiger partial charge in [-0.3, -0.25) is 0 Å². The van der Waals surface area contributed by atoms with E-state index in [0.717, 1.165) is 12.8 Å². The van der Waals surface area contributed by atoms with Crippen molar-refractivity contribution in [3.05, 3.63) is 0 Å². The molecule has 1 unspecified atom stereocenters. The van der Waals surface area contributed by atoms with Crippen LogP contribution in [0.2, 0.25) is 0 Å². The van der Waals surface area contributed by atoms with E-state index in [2.05, 4.69) is 6.92 Å². The topological polar surface area (TPSA) is 40.5 Å². The first-order valence-corrected chi connectivity index (χ1v) is 4.94. The first-order chi connectivity index (χ1) is 5.65. The van der Waals surface area contributed by atoms with Gasteiger partial charge in [-0.15, -0.1) is 0 Å². The summed E-state index contributed by atoms with van der Waals surface area (Å²) < 4.78 is 0. The monoisotopic (exact) mass is 172 g/mol. The average Bonchev–Trinajstić information content (AvgIpc) is 2.03. The Bertz CT molecular complexity index is 136. The average molecular weight is 172 g/mol. The van der Waals surface area contributed by atoms with E-state index in [1.807, 2.05) is 6.92 Å². The molecule has 0 amide bonds. The molecule has 1 aliphatic carbocycles. The molecular weight excluding hydrogens is 152 g/mol. The predicted molar refractivity (Wildman–Crippen MR) is 48.8 cm³/mol. The standard InChI is InChI=1S/C10H20O2/c1-7-3-4-9(8(2)6-11)10(12)5-7/h7-12H,3-6H2,1-2H3/t7-,8?,9+,10+/m0/s1. The van der Waals surface area contributed by atoms with Crippen LogP contribution in [0.4, 0.5) is 0 Å². The predicted octanol–water partition coefficient (Wildman–Crippen LogP) is 1.41. The molecular formula is C10H20O2. The van der Waals surface area contributed by atoms with Gasteiger partial charge in [0.1, 0.15) is 0 Å². The van der Waals surface area contributed by atoms with Gasteiger partial charge in [0, 0.05) is 6.61 Å². The summed E-state index contributed by atoms with van der Waals surface area (Å²) in [6, 6.07) is 0. The first kappa shape index (κ1) is 10.0. The van der Waals surface area contributed by atoms with E-state index in [9.17, 15) is 5.11 Å². The Balaban J connectivity index is 2.44. The summed E-state index contributed by atoms with van der Waals surface area (Å²) in [5.74, 6) is 1.24. The lowest BCUT2D eigenvalue weighted by molar-refractivity contribution is 0.00804. The van der Waals surface area contributed by atoms with Crippen molar-refractivity contribution in [1.29, 1.82) is 0 Å². The van der Waals surface area contributed by atoms with Crippen LogP contribution in [0.3, 0.4) is 0 Å². The minimum atomic E-state index is -0.184. The highest BCUT2D eigenvalue weighted by atomic mass is 16.3. The molecule has 4 atom stereocenters. The normalized spacial score (nSPS) is 39.5. The lowest BCUT2D eigenvalue weighted by atomic mass is 9.75. The van der Waals surface area contributed by atoms with Crippen molar-refractivity contribution in [3.8, 4) is 0 Å². The highest BCUT2D eigenvalue weighted by Gasteiger charge is 2.30. The van der Waals surface area contributed by atoms with Gasteiger partial charge in [-0.2, -0.15) is 0 Å². The lowest BCUT2D eigenvalue weighted by Gasteiger charge is -2.34. The summed E-state index contributed by atoms with van der Waals surface area (Å²) in [6.45, 7) is 4.41. The highest BCUT2D eigenvalue weighted by molar-refractivity contribution is 4.80. The third-order valence-corrected chi connectivity index (χ3v) is 3.15. The first-order valence-electron chi connectivity index (χ1n) is 4.94. The van der Waals surface area contributed by atoms with Crippen molar-refractivity contribution < 1.29 is 10.2 Å². The third-order valence-electron chi connectivity index (χ3n) is 3.15. The summed E-state index contributed by atoms with van der Waals surface area (Å²) in [4.78, 5) is 0. The lowest BCUT2D eigenvalue weighted by Crippen LogP contribution is -2.34. The van der Waals surface area contributed by atoms with Crippen molar-refractivity contribution in [1.82, 2.24) is 0 Å². The van der Waals surface area contributed by atoms with E-state index < -0.39 is 0 Å². The molecule has 0 aromatic rings. The Morgan fingerprint density at radius 3 is 2.58 bits per heavy atom. The number of hydrogen-bond donors (Lipinski definition) is 2. The van der Waals surface area contributed by atoms with E-state index in [1.54, 1.807) is 0 Å². The second-order valence-electron chi connectivity index (χ2n) is 4.31. The van der Waals surface area contributed by atoms with Gasteiger partial charge in [0.15, 0.2) is 0 Å². The van der Waals surface area contributed by atoms with Crippen molar-refractivity contribution in [2.75, 3.05) is 6.61 Å². The SMILES string of the molecule is CC(CO)[C@H]1CC[C@H](C)C[C@H]1O. The van der Waals surface area contributed by atoms with Crippen LogP contribution in [-0.2, 0) is 0 Å². The van der Waals surface area contributed by atoms with Crippen LogP contribution >= 0.6 is 0 Å². The number of hydrogen-bond acceptors (Lipinski definition) is 2. The zero-order valence-corrected chi connectivity index (χ0v) is 8.03. The van der Waals surface area contributed by atoms with E-state index in [4.69, 9.17) is 5.11 Å². The van der Waals surface area contributed by atoms with Gasteiger partial charge < -0.3 is 10.2 Å². The molecule has 0 aromatic heterocycles. The van der Waals surface area contributed by atoms with Gasteiger partial charge >= 0.3 is 0 Å². The van der Waals surface area contributed by atoms with Gasteiger partial charge in [0.2, 0.25) is 0 Å². The summed E-state index contributed by atoms with van der Waals surface area (Å²) >= 11 is 0. The quantitative estimate of drug-likeness (QED) is 0.661. The number of aliphatic hydroxyl groups is 2. The van der Waals surface area contributed by atoms with Crippen molar-refractivity contribution in [2.45, 2.75) is 39.2 Å². The summed E-state index contributed by atoms with van der Waals surface area (Å²) in [6.07, 6.45) is 3.00. The fourth-order valence-electron chi connectivity index (χ4n) is 2.17. The van der Waals surface area contributed by atoms with E-state index in [0.29, 0.717) is 11.8 Å².